The van der Waals surface area contributed by atoms with Gasteiger partial charge in [0, 0.05) is 5.75 Å². The maximum Gasteiger partial charge on any atom is 0.326 e. The molecule has 0 saturated carbocycles. The molecule has 0 radical (unpaired) electrons. The number of amides is 4. The van der Waals surface area contributed by atoms with Crippen LogP contribution in [0.5, 0.6) is 0 Å². The van der Waals surface area contributed by atoms with Gasteiger partial charge in [0.05, 0.1) is 25.0 Å². The van der Waals surface area contributed by atoms with Crippen LogP contribution in [0, 0.1) is 0 Å². The number of hydrogen-bond donors (Lipinski definition) is 9. The van der Waals surface area contributed by atoms with Crippen molar-refractivity contribution in [3.05, 3.63) is 0 Å². The Morgan fingerprint density at radius 2 is 1.43 bits per heavy atom. The molecule has 0 aliphatic carbocycles. The average molecular weight is 451 g/mol. The largest absolute Gasteiger partial charge is 0.481 e. The molecule has 0 heterocycles. The molecule has 5 unspecified atom stereocenters. The molecule has 4 amide bonds. The van der Waals surface area contributed by atoms with E-state index in [1.807, 2.05) is 10.6 Å². The van der Waals surface area contributed by atoms with Crippen LogP contribution in [0.2, 0.25) is 0 Å². The number of nitrogens with two attached hydrogens (primary N) is 2. The number of aliphatic hydroxyl groups excluding tert-OH is 1. The number of hydrogen-bond acceptors (Lipinski definition) is 9. The van der Waals surface area contributed by atoms with E-state index in [-0.39, 0.29) is 5.75 Å². The lowest BCUT2D eigenvalue weighted by molar-refractivity contribution is -0.145. The lowest BCUT2D eigenvalue weighted by Crippen LogP contribution is -2.60. The monoisotopic (exact) mass is 451 g/mol. The molecule has 14 nitrogen and oxygen atoms in total. The normalized spacial score (nSPS) is 15.6. The Balaban J connectivity index is 5.42. The van der Waals surface area contributed by atoms with E-state index < -0.39 is 78.7 Å². The molecule has 0 aliphatic heterocycles. The lowest BCUT2D eigenvalue weighted by atomic mass is 10.1. The fourth-order valence-corrected chi connectivity index (χ4v) is 2.23. The molecule has 170 valence electrons. The molecule has 0 fully saturated rings. The number of nitrogens with one attached hydrogen (secondary N) is 3. The first-order valence-corrected chi connectivity index (χ1v) is 9.11. The zero-order valence-corrected chi connectivity index (χ0v) is 16.8. The maximum atomic E-state index is 12.4. The van der Waals surface area contributed by atoms with Crippen molar-refractivity contribution in [2.24, 2.45) is 11.5 Å². The molecule has 30 heavy (non-hydrogen) atoms. The summed E-state index contributed by atoms with van der Waals surface area (Å²) < 4.78 is 0. The second kappa shape index (κ2) is 12.6. The summed E-state index contributed by atoms with van der Waals surface area (Å²) in [4.78, 5) is 69.6. The lowest BCUT2D eigenvalue weighted by Gasteiger charge is -2.25. The topological polar surface area (TPSA) is 251 Å². The van der Waals surface area contributed by atoms with Gasteiger partial charge >= 0.3 is 11.9 Å². The second-order valence-electron chi connectivity index (χ2n) is 6.24. The van der Waals surface area contributed by atoms with E-state index in [0.717, 1.165) is 6.92 Å². The maximum absolute atomic E-state index is 12.4. The van der Waals surface area contributed by atoms with Crippen molar-refractivity contribution in [1.29, 1.82) is 0 Å². The van der Waals surface area contributed by atoms with Crippen LogP contribution in [-0.4, -0.2) is 86.9 Å². The summed E-state index contributed by atoms with van der Waals surface area (Å²) in [6.07, 6.45) is -3.18. The van der Waals surface area contributed by atoms with Crippen molar-refractivity contribution in [1.82, 2.24) is 16.0 Å². The quantitative estimate of drug-likeness (QED) is 0.121. The summed E-state index contributed by atoms with van der Waals surface area (Å²) >= 11 is 3.81. The van der Waals surface area contributed by atoms with Gasteiger partial charge in [-0.15, -0.1) is 0 Å². The van der Waals surface area contributed by atoms with Gasteiger partial charge in [0.15, 0.2) is 0 Å². The number of aliphatic hydroxyl groups is 1. The highest BCUT2D eigenvalue weighted by Crippen LogP contribution is 2.02. The van der Waals surface area contributed by atoms with Crippen LogP contribution in [0.25, 0.3) is 0 Å². The summed E-state index contributed by atoms with van der Waals surface area (Å²) in [7, 11) is 0. The number of carboxylic acids is 2. The molecular formula is C15H25N5O9S. The molecular weight excluding hydrogens is 426 g/mol. The highest BCUT2D eigenvalue weighted by molar-refractivity contribution is 7.80. The van der Waals surface area contributed by atoms with Crippen molar-refractivity contribution >= 4 is 48.2 Å². The fraction of sp³-hybridized carbons (Fsp3) is 0.600. The number of primary amides is 1. The molecule has 0 rings (SSSR count). The number of carbonyl (C=O) groups excluding carboxylic acids is 4. The Kier molecular flexibility index (Phi) is 11.4. The smallest absolute Gasteiger partial charge is 0.326 e. The summed E-state index contributed by atoms with van der Waals surface area (Å²) in [6.45, 7) is 1.09. The molecule has 0 aromatic carbocycles. The minimum atomic E-state index is -1.74. The van der Waals surface area contributed by atoms with Gasteiger partial charge in [-0.3, -0.25) is 24.0 Å². The molecule has 0 spiro atoms. The average Bonchev–Trinajstić information content (AvgIpc) is 2.62. The van der Waals surface area contributed by atoms with Crippen molar-refractivity contribution in [2.75, 3.05) is 5.75 Å². The molecule has 0 aromatic rings. The minimum absolute atomic E-state index is 0.0949. The van der Waals surface area contributed by atoms with Crippen LogP contribution in [-0.2, 0) is 28.8 Å². The van der Waals surface area contributed by atoms with Crippen LogP contribution < -0.4 is 27.4 Å². The van der Waals surface area contributed by atoms with Gasteiger partial charge in [0.25, 0.3) is 0 Å². The molecule has 5 atom stereocenters. The molecule has 10 N–H and O–H groups in total. The number of rotatable bonds is 13. The summed E-state index contributed by atoms with van der Waals surface area (Å²) in [6, 6.07) is -6.26. The third-order valence-corrected chi connectivity index (χ3v) is 4.02. The van der Waals surface area contributed by atoms with Crippen molar-refractivity contribution < 1.29 is 44.1 Å². The van der Waals surface area contributed by atoms with Gasteiger partial charge in [0.1, 0.15) is 18.1 Å². The number of aliphatic carboxylic acids is 2. The van der Waals surface area contributed by atoms with Gasteiger partial charge < -0.3 is 42.7 Å². The SMILES string of the molecule is CC(O)C(NC(=O)C(CC(=O)O)NC(=O)C(N)CS)C(=O)NC(CC(N)=O)C(=O)O. The first-order chi connectivity index (χ1) is 13.8. The van der Waals surface area contributed by atoms with Crippen LogP contribution in [0.4, 0.5) is 0 Å². The van der Waals surface area contributed by atoms with E-state index in [4.69, 9.17) is 21.7 Å². The van der Waals surface area contributed by atoms with Gasteiger partial charge in [-0.1, -0.05) is 0 Å². The summed E-state index contributed by atoms with van der Waals surface area (Å²) in [5.41, 5.74) is 10.4. The summed E-state index contributed by atoms with van der Waals surface area (Å²) in [5.74, 6) is -7.38. The van der Waals surface area contributed by atoms with E-state index in [1.165, 1.54) is 0 Å². The van der Waals surface area contributed by atoms with E-state index in [0.29, 0.717) is 0 Å². The van der Waals surface area contributed by atoms with E-state index >= 15 is 0 Å². The first-order valence-electron chi connectivity index (χ1n) is 8.48. The van der Waals surface area contributed by atoms with E-state index in [1.54, 1.807) is 0 Å². The third-order valence-electron chi connectivity index (χ3n) is 3.63. The van der Waals surface area contributed by atoms with Crippen LogP contribution in [0.1, 0.15) is 19.8 Å². The van der Waals surface area contributed by atoms with Crippen LogP contribution in [0.15, 0.2) is 0 Å². The van der Waals surface area contributed by atoms with Gasteiger partial charge in [-0.2, -0.15) is 12.6 Å². The van der Waals surface area contributed by atoms with Gasteiger partial charge in [0.2, 0.25) is 23.6 Å². The molecule has 0 aliphatic rings. The van der Waals surface area contributed by atoms with E-state index in [2.05, 4.69) is 17.9 Å². The predicted molar refractivity (Wildman–Crippen MR) is 103 cm³/mol. The first kappa shape index (κ1) is 27.1. The van der Waals surface area contributed by atoms with E-state index in [9.17, 15) is 33.9 Å². The molecule has 15 heteroatoms. The standard InChI is InChI=1S/C15H25N5O9S/c1-5(21)11(14(27)19-8(15(28)29)2-9(17)22)20-13(26)7(3-10(23)24)18-12(25)6(16)4-30/h5-8,11,21,30H,2-4,16H2,1H3,(H2,17,22)(H,18,25)(H,19,27)(H,20,26)(H,23,24)(H,28,29). The van der Waals surface area contributed by atoms with Crippen molar-refractivity contribution in [2.45, 2.75) is 50.0 Å². The number of thiol groups is 1. The Labute approximate surface area is 176 Å². The van der Waals surface area contributed by atoms with Crippen LogP contribution >= 0.6 is 12.6 Å². The van der Waals surface area contributed by atoms with Crippen molar-refractivity contribution in [3.8, 4) is 0 Å². The third kappa shape index (κ3) is 9.53. The fourth-order valence-electron chi connectivity index (χ4n) is 2.07. The van der Waals surface area contributed by atoms with Crippen molar-refractivity contribution in [3.63, 3.8) is 0 Å². The Bertz CT molecular complexity index is 687. The second-order valence-corrected chi connectivity index (χ2v) is 6.61. The highest BCUT2D eigenvalue weighted by Gasteiger charge is 2.33. The molecule has 0 saturated heterocycles. The Morgan fingerprint density at radius 1 is 0.900 bits per heavy atom. The zero-order valence-electron chi connectivity index (χ0n) is 15.9. The minimum Gasteiger partial charge on any atom is -0.481 e. The number of carbonyl (C=O) groups is 6. The number of carboxylic acid groups (broad SMARTS) is 2. The summed E-state index contributed by atoms with van der Waals surface area (Å²) in [5, 5.41) is 33.8. The Morgan fingerprint density at radius 3 is 1.83 bits per heavy atom. The Hall–Kier alpha value is -2.91. The molecule has 0 aromatic heterocycles. The van der Waals surface area contributed by atoms with Gasteiger partial charge in [-0.05, 0) is 6.92 Å². The van der Waals surface area contributed by atoms with Crippen LogP contribution in [0.3, 0.4) is 0 Å². The highest BCUT2D eigenvalue weighted by atomic mass is 32.1. The molecule has 0 bridgehead atoms. The zero-order chi connectivity index (χ0) is 23.6. The predicted octanol–water partition coefficient (Wildman–Crippen LogP) is -4.49. The van der Waals surface area contributed by atoms with Gasteiger partial charge in [-0.25, -0.2) is 4.79 Å².